The minimum Gasteiger partial charge on any atom is -0.473 e. The third-order valence-electron chi connectivity index (χ3n) is 2.06. The van der Waals surface area contributed by atoms with Gasteiger partial charge in [0.25, 0.3) is 0 Å². The van der Waals surface area contributed by atoms with Crippen LogP contribution in [0.4, 0.5) is 0 Å². The van der Waals surface area contributed by atoms with Crippen molar-refractivity contribution in [3.8, 4) is 5.75 Å². The number of nitrogens with zero attached hydrogens (tertiary/aromatic N) is 1. The lowest BCUT2D eigenvalue weighted by molar-refractivity contribution is 0.178. The molecule has 1 aromatic heterocycles. The predicted octanol–water partition coefficient (Wildman–Crippen LogP) is 1.44. The number of hydrogen-bond acceptors (Lipinski definition) is 4. The summed E-state index contributed by atoms with van der Waals surface area (Å²) >= 11 is 3.38. The average molecular weight is 258 g/mol. The molecule has 2 N–H and O–H groups in total. The maximum absolute atomic E-state index is 5.72. The summed E-state index contributed by atoms with van der Waals surface area (Å²) < 4.78 is 6.59. The Morgan fingerprint density at radius 1 is 1.57 bits per heavy atom. The summed E-state index contributed by atoms with van der Waals surface area (Å²) in [6.07, 6.45) is 4.42. The van der Waals surface area contributed by atoms with Crippen LogP contribution in [0.5, 0.6) is 5.75 Å². The highest BCUT2D eigenvalue weighted by atomic mass is 79.9. The van der Waals surface area contributed by atoms with E-state index in [1.54, 1.807) is 12.4 Å². The molecule has 76 valence electrons. The summed E-state index contributed by atoms with van der Waals surface area (Å²) in [6.45, 7) is 2.11. The summed E-state index contributed by atoms with van der Waals surface area (Å²) in [5.41, 5.74) is 6.17. The molecule has 2 unspecified atom stereocenters. The van der Waals surface area contributed by atoms with Crippen LogP contribution in [-0.4, -0.2) is 17.3 Å². The molecule has 5 heteroatoms. The van der Waals surface area contributed by atoms with E-state index in [-0.39, 0.29) is 6.23 Å². The van der Waals surface area contributed by atoms with E-state index in [0.29, 0.717) is 6.04 Å². The first-order valence-electron chi connectivity index (χ1n) is 4.53. The van der Waals surface area contributed by atoms with Crippen LogP contribution in [-0.2, 0) is 0 Å². The lowest BCUT2D eigenvalue weighted by Gasteiger charge is -2.13. The molecule has 1 fully saturated rings. The van der Waals surface area contributed by atoms with Gasteiger partial charge in [0.05, 0.1) is 4.47 Å². The summed E-state index contributed by atoms with van der Waals surface area (Å²) in [6, 6.07) is 2.29. The fraction of sp³-hybridized carbons (Fsp3) is 0.444. The number of rotatable bonds is 2. The van der Waals surface area contributed by atoms with E-state index in [2.05, 4.69) is 38.7 Å². The van der Waals surface area contributed by atoms with Crippen LogP contribution in [0.3, 0.4) is 0 Å². The van der Waals surface area contributed by atoms with Crippen molar-refractivity contribution in [3.05, 3.63) is 22.9 Å². The van der Waals surface area contributed by atoms with Crippen molar-refractivity contribution >= 4 is 15.9 Å². The summed E-state index contributed by atoms with van der Waals surface area (Å²) in [7, 11) is 0. The molecule has 14 heavy (non-hydrogen) atoms. The summed E-state index contributed by atoms with van der Waals surface area (Å²) in [4.78, 5) is 3.97. The van der Waals surface area contributed by atoms with E-state index in [1.807, 2.05) is 6.07 Å². The first-order valence-corrected chi connectivity index (χ1v) is 5.32. The van der Waals surface area contributed by atoms with Crippen LogP contribution in [0.2, 0.25) is 0 Å². The van der Waals surface area contributed by atoms with Crippen LogP contribution in [0, 0.1) is 0 Å². The maximum atomic E-state index is 5.72. The lowest BCUT2D eigenvalue weighted by Crippen LogP contribution is -2.35. The van der Waals surface area contributed by atoms with Crippen molar-refractivity contribution in [2.45, 2.75) is 25.6 Å². The van der Waals surface area contributed by atoms with Crippen molar-refractivity contribution in [1.82, 2.24) is 15.8 Å². The molecule has 1 aliphatic rings. The molecule has 2 atom stereocenters. The molecule has 1 aliphatic heterocycles. The van der Waals surface area contributed by atoms with Gasteiger partial charge in [0.2, 0.25) is 0 Å². The number of halogens is 1. The number of ether oxygens (including phenoxy) is 1. The molecule has 1 aromatic rings. The zero-order chi connectivity index (χ0) is 9.97. The van der Waals surface area contributed by atoms with Gasteiger partial charge in [-0.1, -0.05) is 0 Å². The SMILES string of the molecule is CC1CC(Oc2ccncc2Br)NN1. The highest BCUT2D eigenvalue weighted by Crippen LogP contribution is 2.24. The highest BCUT2D eigenvalue weighted by molar-refractivity contribution is 9.10. The van der Waals surface area contributed by atoms with E-state index in [4.69, 9.17) is 4.74 Å². The van der Waals surface area contributed by atoms with Gasteiger partial charge < -0.3 is 4.74 Å². The Balaban J connectivity index is 2.01. The number of nitrogens with one attached hydrogen (secondary N) is 2. The van der Waals surface area contributed by atoms with Gasteiger partial charge in [0.1, 0.15) is 5.75 Å². The Morgan fingerprint density at radius 3 is 3.07 bits per heavy atom. The third kappa shape index (κ3) is 2.23. The molecule has 0 amide bonds. The number of hydrazine groups is 1. The Kier molecular flexibility index (Phi) is 3.00. The van der Waals surface area contributed by atoms with Crippen molar-refractivity contribution in [2.24, 2.45) is 0 Å². The van der Waals surface area contributed by atoms with E-state index in [0.717, 1.165) is 16.6 Å². The van der Waals surface area contributed by atoms with E-state index < -0.39 is 0 Å². The van der Waals surface area contributed by atoms with Crippen molar-refractivity contribution in [1.29, 1.82) is 0 Å². The minimum atomic E-state index is 0.0312. The minimum absolute atomic E-state index is 0.0312. The Morgan fingerprint density at radius 2 is 2.43 bits per heavy atom. The smallest absolute Gasteiger partial charge is 0.163 e. The van der Waals surface area contributed by atoms with E-state index in [1.165, 1.54) is 0 Å². The first-order chi connectivity index (χ1) is 6.75. The van der Waals surface area contributed by atoms with Crippen molar-refractivity contribution < 1.29 is 4.74 Å². The number of pyridine rings is 1. The highest BCUT2D eigenvalue weighted by Gasteiger charge is 2.21. The monoisotopic (exact) mass is 257 g/mol. The van der Waals surface area contributed by atoms with E-state index in [9.17, 15) is 0 Å². The van der Waals surface area contributed by atoms with Gasteiger partial charge in [0, 0.05) is 24.9 Å². The van der Waals surface area contributed by atoms with Gasteiger partial charge in [-0.2, -0.15) is 0 Å². The molecule has 0 spiro atoms. The molecule has 2 rings (SSSR count). The quantitative estimate of drug-likeness (QED) is 0.842. The zero-order valence-electron chi connectivity index (χ0n) is 7.83. The van der Waals surface area contributed by atoms with E-state index >= 15 is 0 Å². The topological polar surface area (TPSA) is 46.2 Å². The summed E-state index contributed by atoms with van der Waals surface area (Å²) in [5.74, 6) is 0.813. The fourth-order valence-electron chi connectivity index (χ4n) is 1.36. The average Bonchev–Trinajstić information content (AvgIpc) is 2.56. The van der Waals surface area contributed by atoms with Gasteiger partial charge in [-0.05, 0) is 28.9 Å². The molecule has 4 nitrogen and oxygen atoms in total. The summed E-state index contributed by atoms with van der Waals surface area (Å²) in [5, 5.41) is 0. The van der Waals surface area contributed by atoms with Crippen molar-refractivity contribution in [3.63, 3.8) is 0 Å². The first kappa shape index (κ1) is 9.89. The molecule has 0 saturated carbocycles. The molecule has 0 aliphatic carbocycles. The normalized spacial score (nSPS) is 26.4. The second kappa shape index (κ2) is 4.25. The van der Waals surface area contributed by atoms with Crippen LogP contribution in [0.25, 0.3) is 0 Å². The molecular formula is C9H12BrN3O. The van der Waals surface area contributed by atoms with Crippen LogP contribution >= 0.6 is 15.9 Å². The molecule has 2 heterocycles. The van der Waals surface area contributed by atoms with Crippen molar-refractivity contribution in [2.75, 3.05) is 0 Å². The Bertz CT molecular complexity index is 321. The van der Waals surface area contributed by atoms with Crippen LogP contribution in [0.1, 0.15) is 13.3 Å². The van der Waals surface area contributed by atoms with Gasteiger partial charge in [-0.3, -0.25) is 10.4 Å². The van der Waals surface area contributed by atoms with Gasteiger partial charge >= 0.3 is 0 Å². The fourth-order valence-corrected chi connectivity index (χ4v) is 1.71. The lowest BCUT2D eigenvalue weighted by atomic mass is 10.2. The van der Waals surface area contributed by atoms with Gasteiger partial charge in [-0.25, -0.2) is 5.43 Å². The molecular weight excluding hydrogens is 246 g/mol. The van der Waals surface area contributed by atoms with Crippen LogP contribution < -0.4 is 15.6 Å². The number of aromatic nitrogens is 1. The standard InChI is InChI=1S/C9H12BrN3O/c1-6-4-9(13-12-6)14-8-2-3-11-5-7(8)10/h2-3,5-6,9,12-13H,4H2,1H3. The molecule has 0 aromatic carbocycles. The molecule has 0 radical (unpaired) electrons. The second-order valence-corrected chi connectivity index (χ2v) is 4.19. The third-order valence-corrected chi connectivity index (χ3v) is 2.66. The van der Waals surface area contributed by atoms with Gasteiger partial charge in [-0.15, -0.1) is 0 Å². The largest absolute Gasteiger partial charge is 0.473 e. The maximum Gasteiger partial charge on any atom is 0.163 e. The van der Waals surface area contributed by atoms with Crippen LogP contribution in [0.15, 0.2) is 22.9 Å². The Hall–Kier alpha value is -0.650. The molecule has 1 saturated heterocycles. The van der Waals surface area contributed by atoms with Gasteiger partial charge in [0.15, 0.2) is 6.23 Å². The second-order valence-electron chi connectivity index (χ2n) is 3.34. The predicted molar refractivity (Wildman–Crippen MR) is 56.7 cm³/mol. The molecule has 0 bridgehead atoms. The zero-order valence-corrected chi connectivity index (χ0v) is 9.41. The Labute approximate surface area is 91.2 Å². The number of hydrogen-bond donors (Lipinski definition) is 2.